The second-order valence-electron chi connectivity index (χ2n) is 8.38. The smallest absolute Gasteiger partial charge is 0.416 e. The van der Waals surface area contributed by atoms with Gasteiger partial charge in [0, 0.05) is 36.3 Å². The molecule has 0 fully saturated rings. The van der Waals surface area contributed by atoms with Crippen molar-refractivity contribution < 1.29 is 36.2 Å². The van der Waals surface area contributed by atoms with Crippen molar-refractivity contribution in [3.63, 3.8) is 0 Å². The second kappa shape index (κ2) is 12.1. The fourth-order valence-electron chi connectivity index (χ4n) is 3.28. The summed E-state index contributed by atoms with van der Waals surface area (Å²) in [7, 11) is 0. The molecule has 1 aliphatic rings. The lowest BCUT2D eigenvalue weighted by atomic mass is 9.93. The maximum absolute atomic E-state index is 13.4. The first-order valence-corrected chi connectivity index (χ1v) is 11.3. The van der Waals surface area contributed by atoms with Crippen LogP contribution in [0.3, 0.4) is 0 Å². The molecule has 1 atom stereocenters. The Morgan fingerprint density at radius 3 is 2.24 bits per heavy atom. The molecule has 11 heteroatoms. The molecule has 0 saturated heterocycles. The normalized spacial score (nSPS) is 18.3. The van der Waals surface area contributed by atoms with Crippen LogP contribution < -0.4 is 0 Å². The summed E-state index contributed by atoms with van der Waals surface area (Å²) in [6, 6.07) is 1.28. The van der Waals surface area contributed by atoms with Crippen molar-refractivity contribution in [3.8, 4) is 0 Å². The van der Waals surface area contributed by atoms with Gasteiger partial charge in [-0.15, -0.1) is 0 Å². The third kappa shape index (κ3) is 8.19. The molecule has 37 heavy (non-hydrogen) atoms. The number of halogens is 6. The number of nitrogens with zero attached hydrogens (tertiary/aromatic N) is 3. The summed E-state index contributed by atoms with van der Waals surface area (Å²) < 4.78 is 80.4. The fraction of sp³-hybridized carbons (Fsp3) is 0.346. The second-order valence-corrected chi connectivity index (χ2v) is 8.38. The minimum atomic E-state index is -5.01. The molecule has 1 unspecified atom stereocenters. The molecule has 0 amide bonds. The number of rotatable bonds is 7. The molecule has 0 bridgehead atoms. The van der Waals surface area contributed by atoms with Gasteiger partial charge in [-0.25, -0.2) is 9.80 Å². The minimum absolute atomic E-state index is 0.0518. The minimum Gasteiger partial charge on any atom is -0.478 e. The molecule has 1 aliphatic heterocycles. The highest BCUT2D eigenvalue weighted by Crippen LogP contribution is 2.37. The molecule has 0 aliphatic carbocycles. The number of aliphatic imine (C=N–C) groups is 1. The zero-order valence-electron chi connectivity index (χ0n) is 20.7. The number of carbonyl (C=O) groups is 1. The van der Waals surface area contributed by atoms with Crippen molar-refractivity contribution in [1.29, 1.82) is 0 Å². The lowest BCUT2D eigenvalue weighted by Gasteiger charge is -2.19. The number of allylic oxidation sites excluding steroid dienone is 3. The number of hydrogen-bond acceptors (Lipinski definition) is 4. The maximum atomic E-state index is 13.4. The highest BCUT2D eigenvalue weighted by Gasteiger charge is 2.37. The Balaban J connectivity index is 2.64. The van der Waals surface area contributed by atoms with E-state index in [4.69, 9.17) is 0 Å². The monoisotopic (exact) mass is 527 g/mol. The Kier molecular flexibility index (Phi) is 9.66. The summed E-state index contributed by atoms with van der Waals surface area (Å²) in [6.45, 7) is 7.00. The first kappa shape index (κ1) is 29.6. The van der Waals surface area contributed by atoms with E-state index in [1.165, 1.54) is 18.5 Å². The van der Waals surface area contributed by atoms with E-state index in [0.717, 1.165) is 23.2 Å². The van der Waals surface area contributed by atoms with Crippen LogP contribution >= 0.6 is 0 Å². The number of carboxylic acid groups (broad SMARTS) is 1. The average molecular weight is 528 g/mol. The number of hydrogen-bond donors (Lipinski definition) is 1. The van der Waals surface area contributed by atoms with Gasteiger partial charge >= 0.3 is 18.3 Å². The van der Waals surface area contributed by atoms with Crippen LogP contribution in [0.1, 0.15) is 57.2 Å². The molecule has 2 rings (SSSR count). The van der Waals surface area contributed by atoms with Crippen molar-refractivity contribution in [2.45, 2.75) is 52.9 Å². The van der Waals surface area contributed by atoms with E-state index in [1.54, 1.807) is 26.1 Å². The van der Waals surface area contributed by atoms with Gasteiger partial charge in [-0.05, 0) is 50.5 Å². The van der Waals surface area contributed by atoms with Gasteiger partial charge in [-0.1, -0.05) is 31.6 Å². The number of benzene rings is 1. The van der Waals surface area contributed by atoms with Gasteiger partial charge in [0.05, 0.1) is 22.4 Å². The molecule has 1 N–H and O–H groups in total. The van der Waals surface area contributed by atoms with E-state index in [-0.39, 0.29) is 34.9 Å². The Morgan fingerprint density at radius 1 is 1.16 bits per heavy atom. The SMILES string of the molecule is C/C=C(\C=N/C=C(\C)CC)C(=C/N1C=CCC(C)C(c2cc(C(F)(F)F)cc(C(F)(F)F)c2)=N1)/C(=O)O. The lowest BCUT2D eigenvalue weighted by Crippen LogP contribution is -2.19. The van der Waals surface area contributed by atoms with Gasteiger partial charge in [0.2, 0.25) is 0 Å². The Morgan fingerprint density at radius 2 is 1.76 bits per heavy atom. The fourth-order valence-corrected chi connectivity index (χ4v) is 3.28. The van der Waals surface area contributed by atoms with E-state index in [9.17, 15) is 36.2 Å². The summed E-state index contributed by atoms with van der Waals surface area (Å²) in [4.78, 5) is 16.1. The van der Waals surface area contributed by atoms with Crippen molar-refractivity contribution in [2.24, 2.45) is 16.0 Å². The predicted molar refractivity (Wildman–Crippen MR) is 130 cm³/mol. The van der Waals surface area contributed by atoms with E-state index in [2.05, 4.69) is 10.1 Å². The van der Waals surface area contributed by atoms with E-state index < -0.39 is 35.4 Å². The Hall–Kier alpha value is -3.63. The number of hydrazone groups is 1. The summed E-state index contributed by atoms with van der Waals surface area (Å²) >= 11 is 0. The largest absolute Gasteiger partial charge is 0.478 e. The third-order valence-electron chi connectivity index (χ3n) is 5.50. The number of carboxylic acids is 1. The predicted octanol–water partition coefficient (Wildman–Crippen LogP) is 7.58. The molecule has 200 valence electrons. The molecule has 1 aromatic rings. The average Bonchev–Trinajstić information content (AvgIpc) is 3.00. The van der Waals surface area contributed by atoms with Crippen LogP contribution in [-0.2, 0) is 17.1 Å². The Bertz CT molecular complexity index is 1160. The van der Waals surface area contributed by atoms with Gasteiger partial charge in [0.25, 0.3) is 0 Å². The lowest BCUT2D eigenvalue weighted by molar-refractivity contribution is -0.143. The summed E-state index contributed by atoms with van der Waals surface area (Å²) in [6.07, 6.45) is -0.445. The van der Waals surface area contributed by atoms with E-state index in [1.807, 2.05) is 13.8 Å². The van der Waals surface area contributed by atoms with E-state index >= 15 is 0 Å². The topological polar surface area (TPSA) is 65.3 Å². The van der Waals surface area contributed by atoms with Crippen LogP contribution in [0.2, 0.25) is 0 Å². The molecule has 0 spiro atoms. The summed E-state index contributed by atoms with van der Waals surface area (Å²) in [5, 5.41) is 15.1. The van der Waals surface area contributed by atoms with Crippen molar-refractivity contribution >= 4 is 17.9 Å². The summed E-state index contributed by atoms with van der Waals surface area (Å²) in [5.74, 6) is -1.88. The van der Waals surface area contributed by atoms with Crippen molar-refractivity contribution in [3.05, 3.63) is 82.4 Å². The number of alkyl halides is 6. The van der Waals surface area contributed by atoms with Gasteiger partial charge in [-0.2, -0.15) is 31.4 Å². The van der Waals surface area contributed by atoms with Crippen LogP contribution in [0, 0.1) is 5.92 Å². The van der Waals surface area contributed by atoms with Crippen molar-refractivity contribution in [1.82, 2.24) is 5.01 Å². The molecule has 0 saturated carbocycles. The quantitative estimate of drug-likeness (QED) is 0.172. The molecule has 5 nitrogen and oxygen atoms in total. The van der Waals surface area contributed by atoms with Crippen molar-refractivity contribution in [2.75, 3.05) is 0 Å². The van der Waals surface area contributed by atoms with Crippen LogP contribution in [0.5, 0.6) is 0 Å². The molecular formula is C26H27F6N3O2. The highest BCUT2D eigenvalue weighted by atomic mass is 19.4. The van der Waals surface area contributed by atoms with Crippen LogP contribution in [0.25, 0.3) is 0 Å². The van der Waals surface area contributed by atoms with Gasteiger partial charge < -0.3 is 5.11 Å². The zero-order chi connectivity index (χ0) is 28.0. The number of aliphatic carboxylic acids is 1. The summed E-state index contributed by atoms with van der Waals surface area (Å²) in [5.41, 5.74) is -2.36. The van der Waals surface area contributed by atoms with Crippen LogP contribution in [-0.4, -0.2) is 28.0 Å². The zero-order valence-corrected chi connectivity index (χ0v) is 20.7. The van der Waals surface area contributed by atoms with Gasteiger partial charge in [-0.3, -0.25) is 4.99 Å². The first-order valence-electron chi connectivity index (χ1n) is 11.3. The standard InChI is InChI=1S/C26H27F6N3O2/c1-5-16(3)13-33-14-18(6-2)22(24(36)37)15-35-9-7-8-17(4)23(34-35)19-10-20(25(27,28)29)12-21(11-19)26(30,31)32/h6-7,9-15,17H,5,8H2,1-4H3,(H,36,37)/b16-13+,18-6+,22-15-,33-14-. The molecule has 1 heterocycles. The first-order chi connectivity index (χ1) is 17.2. The molecule has 0 aromatic heterocycles. The molecule has 0 radical (unpaired) electrons. The van der Waals surface area contributed by atoms with Crippen LogP contribution in [0.15, 0.2) is 75.8 Å². The molecule has 1 aromatic carbocycles. The maximum Gasteiger partial charge on any atom is 0.416 e. The third-order valence-corrected chi connectivity index (χ3v) is 5.50. The van der Waals surface area contributed by atoms with Crippen LogP contribution in [0.4, 0.5) is 26.3 Å². The van der Waals surface area contributed by atoms with Gasteiger partial charge in [0.15, 0.2) is 0 Å². The highest BCUT2D eigenvalue weighted by molar-refractivity contribution is 6.03. The van der Waals surface area contributed by atoms with E-state index in [0.29, 0.717) is 12.1 Å². The van der Waals surface area contributed by atoms with Gasteiger partial charge in [0.1, 0.15) is 0 Å². The Labute approximate surface area is 210 Å². The molecular weight excluding hydrogens is 500 g/mol.